The lowest BCUT2D eigenvalue weighted by molar-refractivity contribution is -0.125. The quantitative estimate of drug-likeness (QED) is 0.538. The molecule has 7 nitrogen and oxygen atoms in total. The van der Waals surface area contributed by atoms with Gasteiger partial charge in [-0.25, -0.2) is 0 Å². The first-order chi connectivity index (χ1) is 15.0. The van der Waals surface area contributed by atoms with Crippen molar-refractivity contribution in [3.63, 3.8) is 0 Å². The van der Waals surface area contributed by atoms with Crippen molar-refractivity contribution in [3.8, 4) is 5.75 Å². The predicted octanol–water partition coefficient (Wildman–Crippen LogP) is 5.03. The monoisotopic (exact) mass is 478 g/mol. The van der Waals surface area contributed by atoms with Gasteiger partial charge in [-0.05, 0) is 24.3 Å². The summed E-state index contributed by atoms with van der Waals surface area (Å²) >= 11 is 18.7. The highest BCUT2D eigenvalue weighted by Gasteiger charge is 2.31. The minimum atomic E-state index is -0.806. The largest absolute Gasteiger partial charge is 0.496 e. The van der Waals surface area contributed by atoms with Gasteiger partial charge in [-0.2, -0.15) is 5.10 Å². The van der Waals surface area contributed by atoms with Gasteiger partial charge in [-0.3, -0.25) is 9.48 Å². The number of oxime groups is 1. The number of rotatable bonds is 6. The number of benzene rings is 2. The van der Waals surface area contributed by atoms with Crippen molar-refractivity contribution in [2.45, 2.75) is 19.1 Å². The van der Waals surface area contributed by atoms with E-state index >= 15 is 0 Å². The second-order valence-electron chi connectivity index (χ2n) is 6.75. The van der Waals surface area contributed by atoms with Crippen LogP contribution in [0.1, 0.15) is 17.5 Å². The summed E-state index contributed by atoms with van der Waals surface area (Å²) in [5, 5.41) is 12.4. The number of ether oxygens (including phenoxy) is 1. The molecule has 1 aliphatic rings. The highest BCUT2D eigenvalue weighted by Crippen LogP contribution is 2.28. The number of methoxy groups -OCH3 is 1. The number of carbonyl (C=O) groups is 1. The van der Waals surface area contributed by atoms with E-state index in [9.17, 15) is 4.79 Å². The summed E-state index contributed by atoms with van der Waals surface area (Å²) in [4.78, 5) is 18.0. The van der Waals surface area contributed by atoms with Crippen LogP contribution in [0.2, 0.25) is 15.1 Å². The Bertz CT molecular complexity index is 1140. The topological polar surface area (TPSA) is 77.7 Å². The Kier molecular flexibility index (Phi) is 6.36. The van der Waals surface area contributed by atoms with E-state index in [2.05, 4.69) is 15.6 Å². The van der Waals surface area contributed by atoms with Gasteiger partial charge < -0.3 is 14.9 Å². The smallest absolute Gasteiger partial charge is 0.269 e. The summed E-state index contributed by atoms with van der Waals surface area (Å²) in [6, 6.07) is 12.7. The van der Waals surface area contributed by atoms with Crippen LogP contribution in [-0.2, 0) is 16.2 Å². The van der Waals surface area contributed by atoms with E-state index in [1.54, 1.807) is 36.2 Å². The van der Waals surface area contributed by atoms with Crippen LogP contribution in [0.25, 0.3) is 0 Å². The van der Waals surface area contributed by atoms with Crippen molar-refractivity contribution >= 4 is 52.2 Å². The molecule has 1 aliphatic heterocycles. The van der Waals surface area contributed by atoms with Crippen molar-refractivity contribution in [1.82, 2.24) is 9.78 Å². The fourth-order valence-corrected chi connectivity index (χ4v) is 3.88. The van der Waals surface area contributed by atoms with Gasteiger partial charge in [0.1, 0.15) is 10.8 Å². The van der Waals surface area contributed by atoms with Crippen LogP contribution in [0.4, 0.5) is 5.82 Å². The Morgan fingerprint density at radius 1 is 1.16 bits per heavy atom. The first-order valence-electron chi connectivity index (χ1n) is 9.29. The van der Waals surface area contributed by atoms with Gasteiger partial charge in [0.25, 0.3) is 5.91 Å². The third-order valence-electron chi connectivity index (χ3n) is 4.72. The summed E-state index contributed by atoms with van der Waals surface area (Å²) in [6.45, 7) is 0.301. The van der Waals surface area contributed by atoms with E-state index in [0.717, 1.165) is 5.56 Å². The molecule has 0 saturated heterocycles. The minimum Gasteiger partial charge on any atom is -0.496 e. The van der Waals surface area contributed by atoms with E-state index in [1.807, 2.05) is 24.3 Å². The highest BCUT2D eigenvalue weighted by molar-refractivity contribution is 6.36. The molecular weight excluding hydrogens is 463 g/mol. The molecule has 1 unspecified atom stereocenters. The Balaban J connectivity index is 1.43. The predicted molar refractivity (Wildman–Crippen MR) is 120 cm³/mol. The molecule has 31 heavy (non-hydrogen) atoms. The zero-order valence-corrected chi connectivity index (χ0v) is 18.6. The molecule has 0 fully saturated rings. The number of carbonyl (C=O) groups excluding carboxylic acids is 1. The van der Waals surface area contributed by atoms with Gasteiger partial charge in [-0.15, -0.1) is 0 Å². The Labute approximate surface area is 193 Å². The van der Waals surface area contributed by atoms with Crippen LogP contribution in [0.3, 0.4) is 0 Å². The first-order valence-corrected chi connectivity index (χ1v) is 10.4. The lowest BCUT2D eigenvalue weighted by Gasteiger charge is -2.09. The van der Waals surface area contributed by atoms with Crippen LogP contribution in [0.15, 0.2) is 53.8 Å². The third-order valence-corrected chi connectivity index (χ3v) is 5.70. The third kappa shape index (κ3) is 4.63. The molecule has 1 aromatic heterocycles. The number of amides is 1. The summed E-state index contributed by atoms with van der Waals surface area (Å²) in [5.41, 5.74) is 2.11. The maximum atomic E-state index is 12.7. The van der Waals surface area contributed by atoms with Gasteiger partial charge in [0, 0.05) is 33.8 Å². The van der Waals surface area contributed by atoms with E-state index in [1.165, 1.54) is 0 Å². The van der Waals surface area contributed by atoms with Crippen molar-refractivity contribution in [2.24, 2.45) is 5.16 Å². The summed E-state index contributed by atoms with van der Waals surface area (Å²) in [5.74, 6) is 0.465. The molecule has 1 atom stereocenters. The van der Waals surface area contributed by atoms with Gasteiger partial charge in [0.05, 0.1) is 19.4 Å². The Hall–Kier alpha value is -2.74. The Morgan fingerprint density at radius 3 is 2.65 bits per heavy atom. The number of anilines is 1. The molecule has 10 heteroatoms. The average molecular weight is 480 g/mol. The minimum absolute atomic E-state index is 0.212. The Morgan fingerprint density at radius 2 is 1.90 bits per heavy atom. The molecular formula is C21H17Cl3N4O3. The number of nitrogens with one attached hydrogen (secondary N) is 1. The van der Waals surface area contributed by atoms with Crippen LogP contribution >= 0.6 is 34.8 Å². The highest BCUT2D eigenvalue weighted by atomic mass is 35.5. The van der Waals surface area contributed by atoms with Gasteiger partial charge in [-0.1, -0.05) is 58.2 Å². The van der Waals surface area contributed by atoms with Crippen LogP contribution in [0.5, 0.6) is 5.75 Å². The van der Waals surface area contributed by atoms with Gasteiger partial charge in [0.2, 0.25) is 6.10 Å². The van der Waals surface area contributed by atoms with Crippen LogP contribution < -0.4 is 10.1 Å². The molecule has 4 rings (SSSR count). The number of nitrogens with zero attached hydrogens (tertiary/aromatic N) is 3. The second kappa shape index (κ2) is 9.18. The fraction of sp³-hybridized carbons (Fsp3) is 0.190. The normalized spacial score (nSPS) is 15.4. The molecule has 0 aliphatic carbocycles. The summed E-state index contributed by atoms with van der Waals surface area (Å²) < 4.78 is 6.90. The van der Waals surface area contributed by atoms with Gasteiger partial charge >= 0.3 is 0 Å². The summed E-state index contributed by atoms with van der Waals surface area (Å²) in [6.07, 6.45) is 1.07. The zero-order valence-electron chi connectivity index (χ0n) is 16.3. The lowest BCUT2D eigenvalue weighted by Crippen LogP contribution is -2.28. The number of para-hydroxylation sites is 1. The van der Waals surface area contributed by atoms with Crippen molar-refractivity contribution < 1.29 is 14.4 Å². The fourth-order valence-electron chi connectivity index (χ4n) is 3.17. The van der Waals surface area contributed by atoms with Crippen molar-refractivity contribution in [3.05, 3.63) is 74.9 Å². The van der Waals surface area contributed by atoms with Crippen LogP contribution in [-0.4, -0.2) is 34.6 Å². The van der Waals surface area contributed by atoms with E-state index < -0.39 is 12.0 Å². The molecule has 1 N–H and O–H groups in total. The van der Waals surface area contributed by atoms with E-state index in [-0.39, 0.29) is 10.8 Å². The molecule has 0 radical (unpaired) electrons. The second-order valence-corrected chi connectivity index (χ2v) is 7.97. The average Bonchev–Trinajstić information content (AvgIpc) is 3.38. The molecule has 2 aromatic carbocycles. The van der Waals surface area contributed by atoms with Crippen LogP contribution in [0, 0.1) is 0 Å². The lowest BCUT2D eigenvalue weighted by atomic mass is 10.0. The molecule has 1 amide bonds. The van der Waals surface area contributed by atoms with Crippen molar-refractivity contribution in [1.29, 1.82) is 0 Å². The molecule has 160 valence electrons. The zero-order chi connectivity index (χ0) is 22.0. The summed E-state index contributed by atoms with van der Waals surface area (Å²) in [7, 11) is 1.58. The molecule has 3 aromatic rings. The number of hydrogen-bond acceptors (Lipinski definition) is 5. The van der Waals surface area contributed by atoms with Gasteiger partial charge in [0.15, 0.2) is 5.82 Å². The molecule has 2 heterocycles. The molecule has 0 bridgehead atoms. The SMILES string of the molecule is COc1ccccc1C1=NOC(C(=O)Nc2nn(Cc3c(Cl)cccc3Cl)cc2Cl)C1. The molecule has 0 spiro atoms. The standard InChI is InChI=1S/C21H17Cl3N4O3/c1-30-18-8-3-2-5-12(18)17-9-19(31-27-17)21(29)25-20-16(24)11-28(26-20)10-13-14(22)6-4-7-15(13)23/h2-8,11,19H,9-10H2,1H3,(H,25,26,29). The number of hydrogen-bond donors (Lipinski definition) is 1. The number of aromatic nitrogens is 2. The molecule has 0 saturated carbocycles. The maximum absolute atomic E-state index is 12.7. The van der Waals surface area contributed by atoms with E-state index in [4.69, 9.17) is 44.4 Å². The van der Waals surface area contributed by atoms with Crippen molar-refractivity contribution in [2.75, 3.05) is 12.4 Å². The number of halogens is 3. The maximum Gasteiger partial charge on any atom is 0.269 e. The first kappa shape index (κ1) is 21.5. The van der Waals surface area contributed by atoms with E-state index in [0.29, 0.717) is 40.0 Å².